The zero-order valence-corrected chi connectivity index (χ0v) is 14.6. The molecule has 0 radical (unpaired) electrons. The Balaban J connectivity index is 1.53. The fraction of sp³-hybridized carbons (Fsp3) is 0.474. The molecule has 1 heterocycles. The number of nitrogens with one attached hydrogen (secondary N) is 3. The van der Waals surface area contributed by atoms with Crippen molar-refractivity contribution in [3.63, 3.8) is 0 Å². The molecule has 1 amide bonds. The maximum atomic E-state index is 12.0. The lowest BCUT2D eigenvalue weighted by atomic mass is 10.1. The molecule has 1 atom stereocenters. The number of rotatable bonds is 10. The van der Waals surface area contributed by atoms with E-state index in [1.54, 1.807) is 6.33 Å². The van der Waals surface area contributed by atoms with Gasteiger partial charge in [-0.1, -0.05) is 24.6 Å². The fourth-order valence-electron chi connectivity index (χ4n) is 2.64. The van der Waals surface area contributed by atoms with E-state index < -0.39 is 0 Å². The predicted octanol–water partition coefficient (Wildman–Crippen LogP) is 3.44. The summed E-state index contributed by atoms with van der Waals surface area (Å²) in [7, 11) is 0. The Hall–Kier alpha value is -2.14. The molecule has 0 saturated heterocycles. The average molecular weight is 328 g/mol. The molecule has 3 N–H and O–H groups in total. The van der Waals surface area contributed by atoms with Gasteiger partial charge in [0.1, 0.15) is 0 Å². The van der Waals surface area contributed by atoms with Crippen LogP contribution in [0.15, 0.2) is 36.8 Å². The number of benzene rings is 1. The van der Waals surface area contributed by atoms with Crippen molar-refractivity contribution in [1.29, 1.82) is 0 Å². The van der Waals surface area contributed by atoms with E-state index in [1.807, 2.05) is 37.4 Å². The van der Waals surface area contributed by atoms with Gasteiger partial charge in [-0.15, -0.1) is 0 Å². The lowest BCUT2D eigenvalue weighted by molar-refractivity contribution is -0.116. The SMILES string of the molecule is Cc1ccccc1NC(=O)CCCCC(C)NCCc1cnc[nH]1. The van der Waals surface area contributed by atoms with E-state index in [0.29, 0.717) is 12.5 Å². The zero-order chi connectivity index (χ0) is 17.2. The summed E-state index contributed by atoms with van der Waals surface area (Å²) in [5, 5.41) is 6.49. The van der Waals surface area contributed by atoms with Crippen LogP contribution in [0.2, 0.25) is 0 Å². The van der Waals surface area contributed by atoms with Crippen LogP contribution in [0.1, 0.15) is 43.9 Å². The number of aromatic nitrogens is 2. The molecule has 0 spiro atoms. The number of carbonyl (C=O) groups excluding carboxylic acids is 1. The van der Waals surface area contributed by atoms with Crippen molar-refractivity contribution in [1.82, 2.24) is 15.3 Å². The van der Waals surface area contributed by atoms with Crippen LogP contribution in [-0.4, -0.2) is 28.5 Å². The quantitative estimate of drug-likeness (QED) is 0.585. The number of aryl methyl sites for hydroxylation is 1. The smallest absolute Gasteiger partial charge is 0.224 e. The number of anilines is 1. The Morgan fingerprint density at radius 3 is 2.88 bits per heavy atom. The van der Waals surface area contributed by atoms with Gasteiger partial charge >= 0.3 is 0 Å². The van der Waals surface area contributed by atoms with Gasteiger partial charge in [0, 0.05) is 43.0 Å². The van der Waals surface area contributed by atoms with Gasteiger partial charge in [-0.3, -0.25) is 4.79 Å². The third kappa shape index (κ3) is 6.54. The van der Waals surface area contributed by atoms with Gasteiger partial charge < -0.3 is 15.6 Å². The molecular formula is C19H28N4O. The molecule has 2 rings (SSSR count). The third-order valence-corrected chi connectivity index (χ3v) is 4.15. The second-order valence-corrected chi connectivity index (χ2v) is 6.29. The van der Waals surface area contributed by atoms with Gasteiger partial charge in [0.2, 0.25) is 5.91 Å². The van der Waals surface area contributed by atoms with Crippen molar-refractivity contribution in [3.8, 4) is 0 Å². The number of imidazole rings is 1. The van der Waals surface area contributed by atoms with E-state index in [9.17, 15) is 4.79 Å². The van der Waals surface area contributed by atoms with Crippen molar-refractivity contribution in [2.45, 2.75) is 52.0 Å². The van der Waals surface area contributed by atoms with Crippen LogP contribution < -0.4 is 10.6 Å². The highest BCUT2D eigenvalue weighted by molar-refractivity contribution is 5.91. The van der Waals surface area contributed by atoms with E-state index in [2.05, 4.69) is 27.5 Å². The van der Waals surface area contributed by atoms with E-state index in [-0.39, 0.29) is 5.91 Å². The molecular weight excluding hydrogens is 300 g/mol. The Labute approximate surface area is 144 Å². The van der Waals surface area contributed by atoms with Crippen LogP contribution in [-0.2, 0) is 11.2 Å². The third-order valence-electron chi connectivity index (χ3n) is 4.15. The van der Waals surface area contributed by atoms with Gasteiger partial charge in [-0.2, -0.15) is 0 Å². The molecule has 1 unspecified atom stereocenters. The topological polar surface area (TPSA) is 69.8 Å². The molecule has 0 aliphatic rings. The summed E-state index contributed by atoms with van der Waals surface area (Å²) in [5.74, 6) is 0.101. The second-order valence-electron chi connectivity index (χ2n) is 6.29. The van der Waals surface area contributed by atoms with Gasteiger partial charge in [0.25, 0.3) is 0 Å². The van der Waals surface area contributed by atoms with Crippen molar-refractivity contribution in [2.75, 3.05) is 11.9 Å². The van der Waals surface area contributed by atoms with Crippen LogP contribution in [0.3, 0.4) is 0 Å². The second kappa shape index (κ2) is 9.88. The summed E-state index contributed by atoms with van der Waals surface area (Å²) in [6.45, 7) is 5.14. The summed E-state index contributed by atoms with van der Waals surface area (Å²) in [6.07, 6.45) is 8.17. The van der Waals surface area contributed by atoms with Gasteiger partial charge in [0.05, 0.1) is 6.33 Å². The lowest BCUT2D eigenvalue weighted by Crippen LogP contribution is -2.28. The highest BCUT2D eigenvalue weighted by Gasteiger charge is 2.06. The van der Waals surface area contributed by atoms with Crippen molar-refractivity contribution < 1.29 is 4.79 Å². The number of hydrogen-bond acceptors (Lipinski definition) is 3. The first-order valence-electron chi connectivity index (χ1n) is 8.71. The predicted molar refractivity (Wildman–Crippen MR) is 98.0 cm³/mol. The summed E-state index contributed by atoms with van der Waals surface area (Å²) >= 11 is 0. The molecule has 5 nitrogen and oxygen atoms in total. The number of carbonyl (C=O) groups is 1. The molecule has 1 aromatic heterocycles. The average Bonchev–Trinajstić information content (AvgIpc) is 3.07. The van der Waals surface area contributed by atoms with E-state index in [4.69, 9.17) is 0 Å². The van der Waals surface area contributed by atoms with E-state index >= 15 is 0 Å². The first-order valence-corrected chi connectivity index (χ1v) is 8.71. The molecule has 24 heavy (non-hydrogen) atoms. The summed E-state index contributed by atoms with van der Waals surface area (Å²) in [6, 6.07) is 8.34. The lowest BCUT2D eigenvalue weighted by Gasteiger charge is -2.13. The van der Waals surface area contributed by atoms with Crippen LogP contribution in [0.5, 0.6) is 0 Å². The molecule has 1 aromatic carbocycles. The molecule has 5 heteroatoms. The number of aromatic amines is 1. The number of H-pyrrole nitrogens is 1. The number of nitrogens with zero attached hydrogens (tertiary/aromatic N) is 1. The highest BCUT2D eigenvalue weighted by Crippen LogP contribution is 2.14. The standard InChI is InChI=1S/C19H28N4O/c1-15-7-3-5-9-18(15)23-19(24)10-6-4-8-16(2)21-12-11-17-13-20-14-22-17/h3,5,7,9,13-14,16,21H,4,6,8,10-12H2,1-2H3,(H,20,22)(H,23,24). The van der Waals surface area contributed by atoms with Crippen LogP contribution >= 0.6 is 0 Å². The zero-order valence-electron chi connectivity index (χ0n) is 14.6. The summed E-state index contributed by atoms with van der Waals surface area (Å²) < 4.78 is 0. The minimum absolute atomic E-state index is 0.101. The molecule has 0 aliphatic carbocycles. The molecule has 2 aromatic rings. The van der Waals surface area contributed by atoms with E-state index in [1.165, 1.54) is 0 Å². The largest absolute Gasteiger partial charge is 0.348 e. The molecule has 0 fully saturated rings. The Bertz CT molecular complexity index is 610. The number of amides is 1. The molecule has 130 valence electrons. The Morgan fingerprint density at radius 1 is 1.29 bits per heavy atom. The van der Waals surface area contributed by atoms with Gasteiger partial charge in [0.15, 0.2) is 0 Å². The normalized spacial score (nSPS) is 12.1. The minimum Gasteiger partial charge on any atom is -0.348 e. The number of unbranched alkanes of at least 4 members (excludes halogenated alkanes) is 1. The number of hydrogen-bond donors (Lipinski definition) is 3. The summed E-state index contributed by atoms with van der Waals surface area (Å²) in [4.78, 5) is 19.1. The maximum Gasteiger partial charge on any atom is 0.224 e. The van der Waals surface area contributed by atoms with E-state index in [0.717, 1.165) is 49.2 Å². The highest BCUT2D eigenvalue weighted by atomic mass is 16.1. The molecule has 0 aliphatic heterocycles. The number of para-hydroxylation sites is 1. The molecule has 0 saturated carbocycles. The van der Waals surface area contributed by atoms with Crippen LogP contribution in [0.4, 0.5) is 5.69 Å². The first kappa shape index (κ1) is 18.2. The summed E-state index contributed by atoms with van der Waals surface area (Å²) in [5.41, 5.74) is 3.17. The Kier molecular flexibility index (Phi) is 7.49. The van der Waals surface area contributed by atoms with Crippen molar-refractivity contribution >= 4 is 11.6 Å². The van der Waals surface area contributed by atoms with Crippen LogP contribution in [0, 0.1) is 6.92 Å². The Morgan fingerprint density at radius 2 is 2.12 bits per heavy atom. The van der Waals surface area contributed by atoms with Gasteiger partial charge in [-0.05, 0) is 38.3 Å². The fourth-order valence-corrected chi connectivity index (χ4v) is 2.64. The van der Waals surface area contributed by atoms with Crippen LogP contribution in [0.25, 0.3) is 0 Å². The first-order chi connectivity index (χ1) is 11.6. The van der Waals surface area contributed by atoms with Crippen molar-refractivity contribution in [2.24, 2.45) is 0 Å². The minimum atomic E-state index is 0.101. The van der Waals surface area contributed by atoms with Crippen molar-refractivity contribution in [3.05, 3.63) is 48.0 Å². The van der Waals surface area contributed by atoms with Gasteiger partial charge in [-0.25, -0.2) is 4.98 Å². The maximum absolute atomic E-state index is 12.0. The monoisotopic (exact) mass is 328 g/mol. The molecule has 0 bridgehead atoms.